The van der Waals surface area contributed by atoms with Crippen molar-refractivity contribution in [3.63, 3.8) is 0 Å². The van der Waals surface area contributed by atoms with Crippen molar-refractivity contribution in [1.82, 2.24) is 15.2 Å². The van der Waals surface area contributed by atoms with E-state index in [1.165, 1.54) is 4.57 Å². The van der Waals surface area contributed by atoms with Crippen LogP contribution in [0.3, 0.4) is 0 Å². The van der Waals surface area contributed by atoms with Gasteiger partial charge in [-0.15, -0.1) is 0 Å². The van der Waals surface area contributed by atoms with E-state index in [0.717, 1.165) is 5.56 Å². The highest BCUT2D eigenvalue weighted by Gasteiger charge is 2.48. The molecule has 0 saturated carbocycles. The van der Waals surface area contributed by atoms with E-state index in [0.29, 0.717) is 16.9 Å². The fraction of sp³-hybridized carbons (Fsp3) is 0.278. The van der Waals surface area contributed by atoms with Gasteiger partial charge >= 0.3 is 6.03 Å². The first kappa shape index (κ1) is 16.8. The Labute approximate surface area is 144 Å². The lowest BCUT2D eigenvalue weighted by atomic mass is 9.88. The lowest BCUT2D eigenvalue weighted by Crippen LogP contribution is -2.49. The minimum absolute atomic E-state index is 0.00312. The summed E-state index contributed by atoms with van der Waals surface area (Å²) in [6.07, 6.45) is 1.60. The van der Waals surface area contributed by atoms with E-state index in [4.69, 9.17) is 4.74 Å². The van der Waals surface area contributed by atoms with E-state index in [9.17, 15) is 14.4 Å². The predicted octanol–water partition coefficient (Wildman–Crippen LogP) is 1.21. The van der Waals surface area contributed by atoms with E-state index in [2.05, 4.69) is 10.6 Å². The Hall–Kier alpha value is -3.09. The molecule has 1 aliphatic heterocycles. The lowest BCUT2D eigenvalue weighted by Gasteiger charge is -2.28. The quantitative estimate of drug-likeness (QED) is 0.818. The van der Waals surface area contributed by atoms with Crippen LogP contribution in [0.15, 0.2) is 41.3 Å². The number of benzene rings is 1. The van der Waals surface area contributed by atoms with Crippen molar-refractivity contribution in [2.45, 2.75) is 25.9 Å². The van der Waals surface area contributed by atoms with Gasteiger partial charge in [-0.1, -0.05) is 12.1 Å². The molecule has 0 aliphatic carbocycles. The number of hydrogen-bond donors (Lipinski definition) is 2. The Morgan fingerprint density at radius 3 is 2.48 bits per heavy atom. The van der Waals surface area contributed by atoms with Crippen LogP contribution in [0.4, 0.5) is 4.79 Å². The van der Waals surface area contributed by atoms with E-state index in [1.54, 1.807) is 50.6 Å². The standard InChI is InChI=1S/C18H19N3O4/c1-11-5-4-8-21(15(11)22)10-18(16(23)19-17(24)20-18)13-6-7-14(25-3)12(2)9-13/h4-9H,10H2,1-3H3,(H2,19,20,23,24). The number of ether oxygens (including phenoxy) is 1. The number of pyridine rings is 1. The minimum Gasteiger partial charge on any atom is -0.496 e. The molecule has 7 nitrogen and oxygen atoms in total. The van der Waals surface area contributed by atoms with Crippen molar-refractivity contribution in [2.24, 2.45) is 0 Å². The average Bonchev–Trinajstić information content (AvgIpc) is 2.86. The van der Waals surface area contributed by atoms with Crippen LogP contribution in [0.5, 0.6) is 5.75 Å². The van der Waals surface area contributed by atoms with Crippen LogP contribution in [0.25, 0.3) is 0 Å². The summed E-state index contributed by atoms with van der Waals surface area (Å²) in [7, 11) is 1.56. The molecule has 2 N–H and O–H groups in total. The number of rotatable bonds is 4. The summed E-state index contributed by atoms with van der Waals surface area (Å²) >= 11 is 0. The summed E-state index contributed by atoms with van der Waals surface area (Å²) in [6, 6.07) is 8.10. The van der Waals surface area contributed by atoms with Crippen molar-refractivity contribution in [3.05, 3.63) is 63.6 Å². The maximum Gasteiger partial charge on any atom is 0.322 e. The van der Waals surface area contributed by atoms with Crippen molar-refractivity contribution in [3.8, 4) is 5.75 Å². The number of nitrogens with zero attached hydrogens (tertiary/aromatic N) is 1. The van der Waals surface area contributed by atoms with Gasteiger partial charge in [0.2, 0.25) is 0 Å². The number of nitrogens with one attached hydrogen (secondary N) is 2. The van der Waals surface area contributed by atoms with Crippen molar-refractivity contribution >= 4 is 11.9 Å². The molecule has 1 fully saturated rings. The summed E-state index contributed by atoms with van der Waals surface area (Å²) in [5, 5.41) is 4.97. The van der Waals surface area contributed by atoms with E-state index in [1.807, 2.05) is 6.92 Å². The van der Waals surface area contributed by atoms with Crippen LogP contribution < -0.4 is 20.9 Å². The molecule has 25 heavy (non-hydrogen) atoms. The Morgan fingerprint density at radius 1 is 1.12 bits per heavy atom. The molecule has 3 amide bonds. The smallest absolute Gasteiger partial charge is 0.322 e. The van der Waals surface area contributed by atoms with Crippen LogP contribution in [0.1, 0.15) is 16.7 Å². The third kappa shape index (κ3) is 2.77. The van der Waals surface area contributed by atoms with Gasteiger partial charge in [-0.3, -0.25) is 14.9 Å². The van der Waals surface area contributed by atoms with E-state index >= 15 is 0 Å². The monoisotopic (exact) mass is 341 g/mol. The van der Waals surface area contributed by atoms with Gasteiger partial charge in [0.25, 0.3) is 11.5 Å². The third-order valence-electron chi connectivity index (χ3n) is 4.45. The molecule has 1 aliphatic rings. The van der Waals surface area contributed by atoms with Crippen LogP contribution in [-0.2, 0) is 16.9 Å². The van der Waals surface area contributed by atoms with Gasteiger partial charge in [0.05, 0.1) is 13.7 Å². The summed E-state index contributed by atoms with van der Waals surface area (Å²) in [5.74, 6) is 0.187. The number of methoxy groups -OCH3 is 1. The Kier molecular flexibility index (Phi) is 4.08. The molecule has 1 saturated heterocycles. The number of amides is 3. The van der Waals surface area contributed by atoms with Crippen molar-refractivity contribution in [1.29, 1.82) is 0 Å². The van der Waals surface area contributed by atoms with Crippen molar-refractivity contribution in [2.75, 3.05) is 7.11 Å². The molecule has 2 aromatic rings. The molecule has 3 rings (SSSR count). The van der Waals surface area contributed by atoms with Gasteiger partial charge in [-0.05, 0) is 43.2 Å². The molecule has 1 unspecified atom stereocenters. The maximum absolute atomic E-state index is 12.6. The van der Waals surface area contributed by atoms with Gasteiger partial charge in [-0.25, -0.2) is 4.79 Å². The van der Waals surface area contributed by atoms with Gasteiger partial charge in [-0.2, -0.15) is 0 Å². The number of carbonyl (C=O) groups excluding carboxylic acids is 2. The van der Waals surface area contributed by atoms with Crippen LogP contribution in [0.2, 0.25) is 0 Å². The van der Waals surface area contributed by atoms with Gasteiger partial charge in [0.1, 0.15) is 5.75 Å². The topological polar surface area (TPSA) is 89.4 Å². The summed E-state index contributed by atoms with van der Waals surface area (Å²) < 4.78 is 6.68. The molecule has 1 aromatic heterocycles. The first-order chi connectivity index (χ1) is 11.9. The number of imide groups is 1. The first-order valence-corrected chi connectivity index (χ1v) is 7.82. The number of aromatic nitrogens is 1. The Bertz CT molecular complexity index is 919. The number of urea groups is 1. The molecule has 1 atom stereocenters. The van der Waals surface area contributed by atoms with Crippen LogP contribution in [0, 0.1) is 13.8 Å². The summed E-state index contributed by atoms with van der Waals surface area (Å²) in [5.41, 5.74) is 0.410. The Balaban J connectivity index is 2.13. The molecular weight excluding hydrogens is 322 g/mol. The molecule has 0 spiro atoms. The van der Waals surface area contributed by atoms with E-state index in [-0.39, 0.29) is 12.1 Å². The molecule has 0 radical (unpaired) electrons. The first-order valence-electron chi connectivity index (χ1n) is 7.82. The third-order valence-corrected chi connectivity index (χ3v) is 4.45. The van der Waals surface area contributed by atoms with Gasteiger partial charge < -0.3 is 14.6 Å². The molecular formula is C18H19N3O4. The highest BCUT2D eigenvalue weighted by atomic mass is 16.5. The molecule has 7 heteroatoms. The summed E-state index contributed by atoms with van der Waals surface area (Å²) in [6.45, 7) is 3.55. The maximum atomic E-state index is 12.6. The van der Waals surface area contributed by atoms with E-state index < -0.39 is 17.5 Å². The number of carbonyl (C=O) groups is 2. The predicted molar refractivity (Wildman–Crippen MR) is 91.5 cm³/mol. The second-order valence-corrected chi connectivity index (χ2v) is 6.12. The zero-order chi connectivity index (χ0) is 18.2. The molecule has 1 aromatic carbocycles. The second kappa shape index (κ2) is 6.08. The molecule has 130 valence electrons. The molecule has 0 bridgehead atoms. The highest BCUT2D eigenvalue weighted by Crippen LogP contribution is 2.30. The minimum atomic E-state index is -1.36. The number of hydrogen-bond acceptors (Lipinski definition) is 4. The summed E-state index contributed by atoms with van der Waals surface area (Å²) in [4.78, 5) is 36.9. The van der Waals surface area contributed by atoms with Gasteiger partial charge in [0.15, 0.2) is 5.54 Å². The fourth-order valence-corrected chi connectivity index (χ4v) is 3.08. The van der Waals surface area contributed by atoms with Crippen molar-refractivity contribution < 1.29 is 14.3 Å². The SMILES string of the molecule is COc1ccc(C2(Cn3cccc(C)c3=O)NC(=O)NC2=O)cc1C. The largest absolute Gasteiger partial charge is 0.496 e. The second-order valence-electron chi connectivity index (χ2n) is 6.12. The normalized spacial score (nSPS) is 19.5. The number of aryl methyl sites for hydroxylation is 2. The highest BCUT2D eigenvalue weighted by molar-refractivity contribution is 6.07. The lowest BCUT2D eigenvalue weighted by molar-refractivity contribution is -0.124. The van der Waals surface area contributed by atoms with Crippen LogP contribution >= 0.6 is 0 Å². The van der Waals surface area contributed by atoms with Crippen LogP contribution in [-0.4, -0.2) is 23.6 Å². The fourth-order valence-electron chi connectivity index (χ4n) is 3.08. The molecule has 2 heterocycles. The zero-order valence-corrected chi connectivity index (χ0v) is 14.3. The van der Waals surface area contributed by atoms with Gasteiger partial charge in [0, 0.05) is 11.8 Å². The zero-order valence-electron chi connectivity index (χ0n) is 14.3. The Morgan fingerprint density at radius 2 is 1.88 bits per heavy atom. The average molecular weight is 341 g/mol.